The molecular weight excluding hydrogens is 232 g/mol. The van der Waals surface area contributed by atoms with Crippen LogP contribution in [0.2, 0.25) is 0 Å². The summed E-state index contributed by atoms with van der Waals surface area (Å²) in [6, 6.07) is 3.61. The number of hydrogen-bond donors (Lipinski definition) is 2. The summed E-state index contributed by atoms with van der Waals surface area (Å²) in [4.78, 5) is 11.4. The zero-order valence-corrected chi connectivity index (χ0v) is 11.1. The summed E-state index contributed by atoms with van der Waals surface area (Å²) in [6.07, 6.45) is 1.11. The minimum absolute atomic E-state index is 0.0677. The fourth-order valence-electron chi connectivity index (χ4n) is 1.65. The molecule has 0 saturated carbocycles. The number of anilines is 1. The van der Waals surface area contributed by atoms with Gasteiger partial charge >= 0.3 is 0 Å². The molecule has 0 aromatic heterocycles. The standard InChI is InChI=1S/C13H20N2O3/c1-4-13(16)15-10-8-11(17-2)9(5-6-14)7-12(10)18-3/h7-8H,4-6,14H2,1-3H3,(H,15,16). The molecule has 0 unspecified atom stereocenters. The molecule has 1 aromatic carbocycles. The van der Waals surface area contributed by atoms with Crippen molar-refractivity contribution >= 4 is 11.6 Å². The van der Waals surface area contributed by atoms with E-state index in [0.29, 0.717) is 36.6 Å². The molecule has 18 heavy (non-hydrogen) atoms. The molecule has 3 N–H and O–H groups in total. The van der Waals surface area contributed by atoms with Gasteiger partial charge in [-0.25, -0.2) is 0 Å². The van der Waals surface area contributed by atoms with Gasteiger partial charge in [-0.3, -0.25) is 4.79 Å². The van der Waals surface area contributed by atoms with Gasteiger partial charge in [-0.1, -0.05) is 6.92 Å². The monoisotopic (exact) mass is 252 g/mol. The second kappa shape index (κ2) is 6.86. The second-order valence-electron chi connectivity index (χ2n) is 3.80. The lowest BCUT2D eigenvalue weighted by Crippen LogP contribution is -2.11. The van der Waals surface area contributed by atoms with Gasteiger partial charge in [0.25, 0.3) is 0 Å². The molecule has 1 amide bonds. The number of benzene rings is 1. The number of ether oxygens (including phenoxy) is 2. The first kappa shape index (κ1) is 14.3. The lowest BCUT2D eigenvalue weighted by atomic mass is 10.1. The molecule has 0 aliphatic rings. The number of carbonyl (C=O) groups is 1. The van der Waals surface area contributed by atoms with Crippen LogP contribution in [0.3, 0.4) is 0 Å². The summed E-state index contributed by atoms with van der Waals surface area (Å²) < 4.78 is 10.6. The highest BCUT2D eigenvalue weighted by atomic mass is 16.5. The SMILES string of the molecule is CCC(=O)Nc1cc(OC)c(CCN)cc1OC. The first-order valence-electron chi connectivity index (χ1n) is 5.91. The van der Waals surface area contributed by atoms with E-state index in [1.807, 2.05) is 6.07 Å². The largest absolute Gasteiger partial charge is 0.496 e. The first-order valence-corrected chi connectivity index (χ1v) is 5.91. The highest BCUT2D eigenvalue weighted by molar-refractivity contribution is 5.92. The first-order chi connectivity index (χ1) is 8.65. The Morgan fingerprint density at radius 3 is 2.44 bits per heavy atom. The number of rotatable bonds is 6. The van der Waals surface area contributed by atoms with Crippen LogP contribution in [0.25, 0.3) is 0 Å². The number of amides is 1. The molecule has 5 heteroatoms. The van der Waals surface area contributed by atoms with Gasteiger partial charge in [0.15, 0.2) is 0 Å². The van der Waals surface area contributed by atoms with Crippen LogP contribution in [0.5, 0.6) is 11.5 Å². The predicted molar refractivity (Wildman–Crippen MR) is 71.2 cm³/mol. The third-order valence-electron chi connectivity index (χ3n) is 2.61. The molecule has 0 aliphatic heterocycles. The Morgan fingerprint density at radius 1 is 1.28 bits per heavy atom. The van der Waals surface area contributed by atoms with E-state index in [9.17, 15) is 4.79 Å². The maximum Gasteiger partial charge on any atom is 0.224 e. The minimum Gasteiger partial charge on any atom is -0.496 e. The van der Waals surface area contributed by atoms with Gasteiger partial charge in [0.05, 0.1) is 19.9 Å². The van der Waals surface area contributed by atoms with Crippen molar-refractivity contribution in [2.45, 2.75) is 19.8 Å². The lowest BCUT2D eigenvalue weighted by Gasteiger charge is -2.15. The van der Waals surface area contributed by atoms with Crippen LogP contribution in [0.4, 0.5) is 5.69 Å². The van der Waals surface area contributed by atoms with Crippen molar-refractivity contribution in [3.05, 3.63) is 17.7 Å². The molecule has 0 fully saturated rings. The molecule has 1 rings (SSSR count). The number of methoxy groups -OCH3 is 2. The molecule has 0 radical (unpaired) electrons. The van der Waals surface area contributed by atoms with E-state index in [-0.39, 0.29) is 5.91 Å². The van der Waals surface area contributed by atoms with Gasteiger partial charge in [0, 0.05) is 12.5 Å². The fraction of sp³-hybridized carbons (Fsp3) is 0.462. The average Bonchev–Trinajstić information content (AvgIpc) is 2.39. The van der Waals surface area contributed by atoms with Crippen molar-refractivity contribution < 1.29 is 14.3 Å². The van der Waals surface area contributed by atoms with Crippen LogP contribution in [0.1, 0.15) is 18.9 Å². The van der Waals surface area contributed by atoms with Gasteiger partial charge in [-0.2, -0.15) is 0 Å². The van der Waals surface area contributed by atoms with E-state index in [1.54, 1.807) is 27.2 Å². The van der Waals surface area contributed by atoms with E-state index in [1.165, 1.54) is 0 Å². The van der Waals surface area contributed by atoms with Gasteiger partial charge in [-0.15, -0.1) is 0 Å². The molecule has 0 heterocycles. The Labute approximate surface area is 107 Å². The summed E-state index contributed by atoms with van der Waals surface area (Å²) in [7, 11) is 3.16. The molecule has 0 bridgehead atoms. The highest BCUT2D eigenvalue weighted by Gasteiger charge is 2.12. The van der Waals surface area contributed by atoms with Crippen molar-refractivity contribution in [2.75, 3.05) is 26.1 Å². The number of nitrogens with two attached hydrogens (primary N) is 1. The molecule has 0 aliphatic carbocycles. The maximum absolute atomic E-state index is 11.4. The lowest BCUT2D eigenvalue weighted by molar-refractivity contribution is -0.115. The van der Waals surface area contributed by atoms with Crippen molar-refractivity contribution in [1.29, 1.82) is 0 Å². The van der Waals surface area contributed by atoms with E-state index < -0.39 is 0 Å². The zero-order chi connectivity index (χ0) is 13.5. The van der Waals surface area contributed by atoms with Crippen LogP contribution in [0.15, 0.2) is 12.1 Å². The third-order valence-corrected chi connectivity index (χ3v) is 2.61. The Hall–Kier alpha value is -1.75. The van der Waals surface area contributed by atoms with Crippen molar-refractivity contribution in [3.63, 3.8) is 0 Å². The molecular formula is C13H20N2O3. The van der Waals surface area contributed by atoms with Crippen LogP contribution in [0, 0.1) is 0 Å². The maximum atomic E-state index is 11.4. The van der Waals surface area contributed by atoms with Crippen LogP contribution in [-0.4, -0.2) is 26.7 Å². The smallest absolute Gasteiger partial charge is 0.224 e. The molecule has 0 saturated heterocycles. The van der Waals surface area contributed by atoms with Crippen molar-refractivity contribution in [2.24, 2.45) is 5.73 Å². The quantitative estimate of drug-likeness (QED) is 0.805. The number of nitrogens with one attached hydrogen (secondary N) is 1. The predicted octanol–water partition coefficient (Wildman–Crippen LogP) is 1.55. The van der Waals surface area contributed by atoms with Crippen LogP contribution < -0.4 is 20.5 Å². The molecule has 0 atom stereocenters. The summed E-state index contributed by atoms with van der Waals surface area (Å²) >= 11 is 0. The Kier molecular flexibility index (Phi) is 5.45. The minimum atomic E-state index is -0.0677. The van der Waals surface area contributed by atoms with E-state index in [4.69, 9.17) is 15.2 Å². The number of hydrogen-bond acceptors (Lipinski definition) is 4. The Bertz CT molecular complexity index is 419. The number of carbonyl (C=O) groups excluding carboxylic acids is 1. The van der Waals surface area contributed by atoms with Crippen LogP contribution in [-0.2, 0) is 11.2 Å². The topological polar surface area (TPSA) is 73.6 Å². The van der Waals surface area contributed by atoms with Gasteiger partial charge < -0.3 is 20.5 Å². The summed E-state index contributed by atoms with van der Waals surface area (Å²) in [5.41, 5.74) is 7.13. The summed E-state index contributed by atoms with van der Waals surface area (Å²) in [5.74, 6) is 1.25. The van der Waals surface area contributed by atoms with Crippen LogP contribution >= 0.6 is 0 Å². The molecule has 0 spiro atoms. The van der Waals surface area contributed by atoms with Crippen molar-refractivity contribution in [3.8, 4) is 11.5 Å². The normalized spacial score (nSPS) is 10.0. The van der Waals surface area contributed by atoms with Gasteiger partial charge in [0.1, 0.15) is 11.5 Å². The highest BCUT2D eigenvalue weighted by Crippen LogP contribution is 2.33. The zero-order valence-electron chi connectivity index (χ0n) is 11.1. The van der Waals surface area contributed by atoms with E-state index in [2.05, 4.69) is 5.32 Å². The van der Waals surface area contributed by atoms with Gasteiger partial charge in [-0.05, 0) is 24.6 Å². The molecule has 100 valence electrons. The van der Waals surface area contributed by atoms with Crippen molar-refractivity contribution in [1.82, 2.24) is 0 Å². The van der Waals surface area contributed by atoms with E-state index in [0.717, 1.165) is 5.56 Å². The fourth-order valence-corrected chi connectivity index (χ4v) is 1.65. The van der Waals surface area contributed by atoms with E-state index >= 15 is 0 Å². The molecule has 1 aromatic rings. The Balaban J connectivity index is 3.12. The Morgan fingerprint density at radius 2 is 1.94 bits per heavy atom. The third kappa shape index (κ3) is 3.37. The average molecular weight is 252 g/mol. The molecule has 5 nitrogen and oxygen atoms in total. The second-order valence-corrected chi connectivity index (χ2v) is 3.80. The summed E-state index contributed by atoms with van der Waals surface area (Å²) in [5, 5.41) is 2.78. The van der Waals surface area contributed by atoms with Gasteiger partial charge in [0.2, 0.25) is 5.91 Å². The summed E-state index contributed by atoms with van der Waals surface area (Å²) in [6.45, 7) is 2.32.